The van der Waals surface area contributed by atoms with Crippen LogP contribution in [0.5, 0.6) is 5.75 Å². The Balaban J connectivity index is 1.70. The largest absolute Gasteiger partial charge is 0.481 e. The van der Waals surface area contributed by atoms with Crippen LogP contribution in [0.4, 0.5) is 5.13 Å². The van der Waals surface area contributed by atoms with Gasteiger partial charge < -0.3 is 4.74 Å². The molecule has 3 rings (SSSR count). The van der Waals surface area contributed by atoms with Crippen molar-refractivity contribution in [1.29, 1.82) is 0 Å². The van der Waals surface area contributed by atoms with Crippen molar-refractivity contribution in [3.8, 4) is 17.0 Å². The van der Waals surface area contributed by atoms with Crippen molar-refractivity contribution in [2.24, 2.45) is 0 Å². The number of anilines is 1. The molecule has 0 saturated heterocycles. The summed E-state index contributed by atoms with van der Waals surface area (Å²) < 4.78 is 5.71. The molecule has 0 aliphatic heterocycles. The summed E-state index contributed by atoms with van der Waals surface area (Å²) in [4.78, 5) is 17.0. The molecule has 1 aromatic heterocycles. The van der Waals surface area contributed by atoms with Gasteiger partial charge in [0, 0.05) is 10.9 Å². The standard InChI is InChI=1S/C22H24N2O2S/c1-13-6-8-18(9-7-13)26-17(5)21(25)24-22-23-19(12-27-22)20-15(3)10-14(2)11-16(20)4/h6-12,17H,1-5H3,(H,23,24,25). The van der Waals surface area contributed by atoms with Gasteiger partial charge in [-0.1, -0.05) is 35.4 Å². The molecule has 0 fully saturated rings. The Labute approximate surface area is 164 Å². The molecule has 1 unspecified atom stereocenters. The van der Waals surface area contributed by atoms with Gasteiger partial charge in [-0.05, 0) is 57.9 Å². The highest BCUT2D eigenvalue weighted by molar-refractivity contribution is 7.14. The molecule has 27 heavy (non-hydrogen) atoms. The monoisotopic (exact) mass is 380 g/mol. The molecule has 1 atom stereocenters. The van der Waals surface area contributed by atoms with Crippen LogP contribution < -0.4 is 10.1 Å². The number of benzene rings is 2. The first kappa shape index (κ1) is 19.1. The number of ether oxygens (including phenoxy) is 1. The van der Waals surface area contributed by atoms with Crippen molar-refractivity contribution in [3.05, 3.63) is 64.0 Å². The number of aryl methyl sites for hydroxylation is 4. The molecule has 0 saturated carbocycles. The summed E-state index contributed by atoms with van der Waals surface area (Å²) in [5.41, 5.74) is 6.77. The highest BCUT2D eigenvalue weighted by atomic mass is 32.1. The quantitative estimate of drug-likeness (QED) is 0.640. The van der Waals surface area contributed by atoms with Gasteiger partial charge in [0.1, 0.15) is 5.75 Å². The summed E-state index contributed by atoms with van der Waals surface area (Å²) in [5.74, 6) is 0.461. The van der Waals surface area contributed by atoms with E-state index in [4.69, 9.17) is 4.74 Å². The van der Waals surface area contributed by atoms with Gasteiger partial charge in [-0.2, -0.15) is 0 Å². The molecule has 3 aromatic rings. The minimum absolute atomic E-state index is 0.214. The Kier molecular flexibility index (Phi) is 5.61. The zero-order valence-electron chi connectivity index (χ0n) is 16.3. The fourth-order valence-electron chi connectivity index (χ4n) is 3.11. The topological polar surface area (TPSA) is 51.2 Å². The molecular weight excluding hydrogens is 356 g/mol. The van der Waals surface area contributed by atoms with E-state index >= 15 is 0 Å². The van der Waals surface area contributed by atoms with E-state index in [1.54, 1.807) is 6.92 Å². The van der Waals surface area contributed by atoms with Crippen molar-refractivity contribution in [3.63, 3.8) is 0 Å². The number of nitrogens with one attached hydrogen (secondary N) is 1. The first-order valence-electron chi connectivity index (χ1n) is 8.91. The number of hydrogen-bond acceptors (Lipinski definition) is 4. The molecule has 1 N–H and O–H groups in total. The number of carbonyl (C=O) groups excluding carboxylic acids is 1. The van der Waals surface area contributed by atoms with Gasteiger partial charge in [0.15, 0.2) is 11.2 Å². The summed E-state index contributed by atoms with van der Waals surface area (Å²) in [5, 5.41) is 5.41. The van der Waals surface area contributed by atoms with E-state index in [-0.39, 0.29) is 5.91 Å². The third-order valence-electron chi connectivity index (χ3n) is 4.37. The number of thiazole rings is 1. The molecular formula is C22H24N2O2S. The number of nitrogens with zero attached hydrogens (tertiary/aromatic N) is 1. The summed E-state index contributed by atoms with van der Waals surface area (Å²) in [6.45, 7) is 10.0. The summed E-state index contributed by atoms with van der Waals surface area (Å²) in [7, 11) is 0. The Bertz CT molecular complexity index is 938. The average molecular weight is 381 g/mol. The lowest BCUT2D eigenvalue weighted by atomic mass is 9.98. The van der Waals surface area contributed by atoms with Gasteiger partial charge in [0.2, 0.25) is 0 Å². The Morgan fingerprint density at radius 3 is 2.30 bits per heavy atom. The van der Waals surface area contributed by atoms with Gasteiger partial charge in [-0.25, -0.2) is 4.98 Å². The van der Waals surface area contributed by atoms with Gasteiger partial charge in [-0.15, -0.1) is 11.3 Å². The van der Waals surface area contributed by atoms with E-state index in [1.165, 1.54) is 28.0 Å². The third-order valence-corrected chi connectivity index (χ3v) is 5.13. The van der Waals surface area contributed by atoms with Crippen molar-refractivity contribution >= 4 is 22.4 Å². The molecule has 140 valence electrons. The van der Waals surface area contributed by atoms with Crippen LogP contribution in [0.3, 0.4) is 0 Å². The number of carbonyl (C=O) groups is 1. The Morgan fingerprint density at radius 1 is 1.04 bits per heavy atom. The van der Waals surface area contributed by atoms with Gasteiger partial charge in [-0.3, -0.25) is 10.1 Å². The van der Waals surface area contributed by atoms with Crippen LogP contribution in [-0.2, 0) is 4.79 Å². The smallest absolute Gasteiger partial charge is 0.266 e. The SMILES string of the molecule is Cc1ccc(OC(C)C(=O)Nc2nc(-c3c(C)cc(C)cc3C)cs2)cc1. The number of rotatable bonds is 5. The first-order chi connectivity index (χ1) is 12.8. The minimum atomic E-state index is -0.608. The third kappa shape index (κ3) is 4.55. The summed E-state index contributed by atoms with van der Waals surface area (Å²) >= 11 is 1.42. The lowest BCUT2D eigenvalue weighted by molar-refractivity contribution is -0.122. The van der Waals surface area contributed by atoms with Crippen molar-refractivity contribution in [2.45, 2.75) is 40.7 Å². The molecule has 1 amide bonds. The molecule has 0 bridgehead atoms. The van der Waals surface area contributed by atoms with Crippen LogP contribution in [0.15, 0.2) is 41.8 Å². The number of amides is 1. The van der Waals surface area contributed by atoms with Crippen LogP contribution in [0.25, 0.3) is 11.3 Å². The molecule has 1 heterocycles. The second kappa shape index (κ2) is 7.92. The average Bonchev–Trinajstić information content (AvgIpc) is 3.04. The molecule has 5 heteroatoms. The molecule has 0 radical (unpaired) electrons. The first-order valence-corrected chi connectivity index (χ1v) is 9.79. The van der Waals surface area contributed by atoms with Crippen molar-refractivity contribution in [1.82, 2.24) is 4.98 Å². The van der Waals surface area contributed by atoms with Crippen LogP contribution in [0.2, 0.25) is 0 Å². The fourth-order valence-corrected chi connectivity index (χ4v) is 3.82. The second-order valence-corrected chi connectivity index (χ2v) is 7.73. The minimum Gasteiger partial charge on any atom is -0.481 e. The highest BCUT2D eigenvalue weighted by Crippen LogP contribution is 2.31. The van der Waals surface area contributed by atoms with E-state index in [1.807, 2.05) is 36.6 Å². The van der Waals surface area contributed by atoms with E-state index in [2.05, 4.69) is 43.2 Å². The number of hydrogen-bond donors (Lipinski definition) is 1. The fraction of sp³-hybridized carbons (Fsp3) is 0.273. The normalized spacial score (nSPS) is 11.9. The van der Waals surface area contributed by atoms with E-state index in [0.717, 1.165) is 16.8 Å². The summed E-state index contributed by atoms with van der Waals surface area (Å²) in [6, 6.07) is 11.9. The Morgan fingerprint density at radius 2 is 1.67 bits per heavy atom. The van der Waals surface area contributed by atoms with Crippen LogP contribution in [-0.4, -0.2) is 17.0 Å². The molecule has 0 aliphatic rings. The van der Waals surface area contributed by atoms with Gasteiger partial charge in [0.25, 0.3) is 5.91 Å². The highest BCUT2D eigenvalue weighted by Gasteiger charge is 2.17. The second-order valence-electron chi connectivity index (χ2n) is 6.87. The predicted octanol–water partition coefficient (Wildman–Crippen LogP) is 5.45. The van der Waals surface area contributed by atoms with Gasteiger partial charge in [0.05, 0.1) is 5.69 Å². The molecule has 4 nitrogen and oxygen atoms in total. The number of aromatic nitrogens is 1. The van der Waals surface area contributed by atoms with Gasteiger partial charge >= 0.3 is 0 Å². The van der Waals surface area contributed by atoms with Crippen LogP contribution >= 0.6 is 11.3 Å². The molecule has 0 aliphatic carbocycles. The van der Waals surface area contributed by atoms with E-state index in [9.17, 15) is 4.79 Å². The van der Waals surface area contributed by atoms with Crippen molar-refractivity contribution < 1.29 is 9.53 Å². The van der Waals surface area contributed by atoms with E-state index in [0.29, 0.717) is 10.9 Å². The maximum atomic E-state index is 12.4. The lowest BCUT2D eigenvalue weighted by Crippen LogP contribution is -2.30. The molecule has 0 spiro atoms. The zero-order chi connectivity index (χ0) is 19.6. The van der Waals surface area contributed by atoms with Crippen LogP contribution in [0.1, 0.15) is 29.2 Å². The lowest BCUT2D eigenvalue weighted by Gasteiger charge is -2.13. The van der Waals surface area contributed by atoms with Crippen LogP contribution in [0, 0.1) is 27.7 Å². The zero-order valence-corrected chi connectivity index (χ0v) is 17.1. The molecule has 2 aromatic carbocycles. The summed E-state index contributed by atoms with van der Waals surface area (Å²) in [6.07, 6.45) is -0.608. The maximum absolute atomic E-state index is 12.4. The van der Waals surface area contributed by atoms with Crippen molar-refractivity contribution in [2.75, 3.05) is 5.32 Å². The Hall–Kier alpha value is -2.66. The maximum Gasteiger partial charge on any atom is 0.266 e. The predicted molar refractivity (Wildman–Crippen MR) is 112 cm³/mol. The van der Waals surface area contributed by atoms with E-state index < -0.39 is 6.10 Å².